The van der Waals surface area contributed by atoms with Gasteiger partial charge in [0.05, 0.1) is 25.8 Å². The van der Waals surface area contributed by atoms with Gasteiger partial charge in [0, 0.05) is 60.4 Å². The van der Waals surface area contributed by atoms with Crippen LogP contribution in [0.25, 0.3) is 5.69 Å². The van der Waals surface area contributed by atoms with E-state index in [-0.39, 0.29) is 18.4 Å². The zero-order valence-corrected chi connectivity index (χ0v) is 27.0. The lowest BCUT2D eigenvalue weighted by Gasteiger charge is -2.25. The SMILES string of the molecule is COc1cccc(CNC[C@@H](O)[C@H](Cc2ccccc2)NC(=O)c2cc(C(=O)N(C)Cc3nc(C)cs3)cc(-n3cccc3)c2)c1. The van der Waals surface area contributed by atoms with Crippen molar-refractivity contribution in [2.24, 2.45) is 0 Å². The van der Waals surface area contributed by atoms with Gasteiger partial charge in [-0.25, -0.2) is 4.98 Å². The molecule has 5 aromatic rings. The van der Waals surface area contributed by atoms with Crippen LogP contribution >= 0.6 is 11.3 Å². The number of thiazole rings is 1. The molecular weight excluding hydrogens is 598 g/mol. The first-order valence-electron chi connectivity index (χ1n) is 15.1. The summed E-state index contributed by atoms with van der Waals surface area (Å²) >= 11 is 1.51. The van der Waals surface area contributed by atoms with Crippen LogP contribution in [-0.2, 0) is 19.5 Å². The highest BCUT2D eigenvalue weighted by Gasteiger charge is 2.24. The van der Waals surface area contributed by atoms with E-state index in [1.165, 1.54) is 11.3 Å². The molecule has 0 unspecified atom stereocenters. The summed E-state index contributed by atoms with van der Waals surface area (Å²) in [5.41, 5.74) is 4.30. The van der Waals surface area contributed by atoms with Crippen LogP contribution in [0.15, 0.2) is 103 Å². The predicted molar refractivity (Wildman–Crippen MR) is 181 cm³/mol. The van der Waals surface area contributed by atoms with Crippen molar-refractivity contribution in [3.05, 3.63) is 136 Å². The van der Waals surface area contributed by atoms with E-state index in [9.17, 15) is 14.7 Å². The number of benzene rings is 3. The van der Waals surface area contributed by atoms with E-state index >= 15 is 0 Å². The fraction of sp³-hybridized carbons (Fsp3) is 0.250. The Balaban J connectivity index is 1.36. The summed E-state index contributed by atoms with van der Waals surface area (Å²) in [7, 11) is 3.35. The summed E-state index contributed by atoms with van der Waals surface area (Å²) in [6.07, 6.45) is 3.26. The minimum Gasteiger partial charge on any atom is -0.497 e. The first-order chi connectivity index (χ1) is 22.3. The number of carbonyl (C=O) groups is 2. The van der Waals surface area contributed by atoms with E-state index in [1.807, 2.05) is 96.0 Å². The zero-order valence-electron chi connectivity index (χ0n) is 26.2. The van der Waals surface area contributed by atoms with Gasteiger partial charge in [-0.05, 0) is 66.9 Å². The van der Waals surface area contributed by atoms with Gasteiger partial charge < -0.3 is 29.9 Å². The molecule has 5 rings (SSSR count). The molecule has 9 nitrogen and oxygen atoms in total. The lowest BCUT2D eigenvalue weighted by Crippen LogP contribution is -2.48. The fourth-order valence-corrected chi connectivity index (χ4v) is 6.01. The normalized spacial score (nSPS) is 12.3. The Hall–Kier alpha value is -4.77. The van der Waals surface area contributed by atoms with Gasteiger partial charge in [0.25, 0.3) is 11.8 Å². The molecule has 0 aliphatic rings. The number of aliphatic hydroxyl groups excluding tert-OH is 1. The molecule has 238 valence electrons. The molecular formula is C36H39N5O4S. The maximum absolute atomic E-state index is 13.9. The van der Waals surface area contributed by atoms with Gasteiger partial charge >= 0.3 is 0 Å². The second kappa shape index (κ2) is 15.5. The number of aryl methyl sites for hydroxylation is 1. The van der Waals surface area contributed by atoms with Crippen molar-refractivity contribution < 1.29 is 19.4 Å². The van der Waals surface area contributed by atoms with Crippen molar-refractivity contribution in [3.8, 4) is 11.4 Å². The molecule has 3 N–H and O–H groups in total. The van der Waals surface area contributed by atoms with Gasteiger partial charge in [-0.1, -0.05) is 42.5 Å². The molecule has 3 aromatic carbocycles. The van der Waals surface area contributed by atoms with Crippen molar-refractivity contribution >= 4 is 23.2 Å². The summed E-state index contributed by atoms with van der Waals surface area (Å²) in [5, 5.41) is 20.5. The average Bonchev–Trinajstić information content (AvgIpc) is 3.76. The van der Waals surface area contributed by atoms with Gasteiger partial charge in [0.15, 0.2) is 0 Å². The number of aromatic nitrogens is 2. The third kappa shape index (κ3) is 8.69. The number of hydrogen-bond donors (Lipinski definition) is 3. The van der Waals surface area contributed by atoms with Gasteiger partial charge in [-0.3, -0.25) is 9.59 Å². The number of ether oxygens (including phenoxy) is 1. The maximum atomic E-state index is 13.9. The van der Waals surface area contributed by atoms with E-state index in [0.717, 1.165) is 27.6 Å². The van der Waals surface area contributed by atoms with Crippen LogP contribution in [0.3, 0.4) is 0 Å². The molecule has 0 bridgehead atoms. The van der Waals surface area contributed by atoms with Gasteiger partial charge in [-0.15, -0.1) is 11.3 Å². The second-order valence-corrected chi connectivity index (χ2v) is 12.2. The Morgan fingerprint density at radius 1 is 0.978 bits per heavy atom. The van der Waals surface area contributed by atoms with Crippen molar-refractivity contribution in [2.45, 2.75) is 38.6 Å². The number of rotatable bonds is 14. The molecule has 0 aliphatic heterocycles. The van der Waals surface area contributed by atoms with E-state index in [1.54, 1.807) is 37.3 Å². The van der Waals surface area contributed by atoms with Crippen molar-refractivity contribution in [1.82, 2.24) is 25.1 Å². The monoisotopic (exact) mass is 637 g/mol. The van der Waals surface area contributed by atoms with Crippen molar-refractivity contribution in [1.29, 1.82) is 0 Å². The number of hydrogen-bond acceptors (Lipinski definition) is 7. The third-order valence-electron chi connectivity index (χ3n) is 7.61. The van der Waals surface area contributed by atoms with Gasteiger partial charge in [-0.2, -0.15) is 0 Å². The van der Waals surface area contributed by atoms with Crippen molar-refractivity contribution in [2.75, 3.05) is 20.7 Å². The highest BCUT2D eigenvalue weighted by molar-refractivity contribution is 7.09. The number of nitrogens with zero attached hydrogens (tertiary/aromatic N) is 3. The number of methoxy groups -OCH3 is 1. The Morgan fingerprint density at radius 3 is 2.43 bits per heavy atom. The average molecular weight is 638 g/mol. The van der Waals surface area contributed by atoms with Crippen LogP contribution in [0.1, 0.15) is 42.5 Å². The van der Waals surface area contributed by atoms with E-state index in [2.05, 4.69) is 15.6 Å². The highest BCUT2D eigenvalue weighted by Crippen LogP contribution is 2.20. The molecule has 0 saturated carbocycles. The van der Waals surface area contributed by atoms with E-state index < -0.39 is 12.1 Å². The molecule has 10 heteroatoms. The molecule has 2 amide bonds. The molecule has 2 heterocycles. The number of amides is 2. The van der Waals surface area contributed by atoms with Gasteiger partial charge in [0.1, 0.15) is 10.8 Å². The van der Waals surface area contributed by atoms with Crippen LogP contribution in [-0.4, -0.2) is 64.2 Å². The van der Waals surface area contributed by atoms with E-state index in [4.69, 9.17) is 4.74 Å². The zero-order chi connectivity index (χ0) is 32.5. The number of nitrogens with one attached hydrogen (secondary N) is 2. The summed E-state index contributed by atoms with van der Waals surface area (Å²) in [5.74, 6) is 0.158. The smallest absolute Gasteiger partial charge is 0.254 e. The molecule has 0 saturated heterocycles. The first-order valence-corrected chi connectivity index (χ1v) is 16.0. The summed E-state index contributed by atoms with van der Waals surface area (Å²) in [6, 6.07) is 25.8. The second-order valence-electron chi connectivity index (χ2n) is 11.2. The highest BCUT2D eigenvalue weighted by atomic mass is 32.1. The molecule has 0 aliphatic carbocycles. The molecule has 0 fully saturated rings. The topological polar surface area (TPSA) is 109 Å². The largest absolute Gasteiger partial charge is 0.497 e. The minimum absolute atomic E-state index is 0.224. The Kier molecular flexibility index (Phi) is 11.0. The quantitative estimate of drug-likeness (QED) is 0.158. The maximum Gasteiger partial charge on any atom is 0.254 e. The summed E-state index contributed by atoms with van der Waals surface area (Å²) < 4.78 is 7.17. The van der Waals surface area contributed by atoms with Crippen molar-refractivity contribution in [3.63, 3.8) is 0 Å². The van der Waals surface area contributed by atoms with Crippen LogP contribution in [0, 0.1) is 6.92 Å². The number of aliphatic hydroxyl groups is 1. The Labute approximate surface area is 273 Å². The Morgan fingerprint density at radius 2 is 1.72 bits per heavy atom. The third-order valence-corrected chi connectivity index (χ3v) is 8.56. The predicted octanol–water partition coefficient (Wildman–Crippen LogP) is 5.01. The lowest BCUT2D eigenvalue weighted by atomic mass is 10.00. The van der Waals surface area contributed by atoms with Gasteiger partial charge in [0.2, 0.25) is 0 Å². The Bertz CT molecular complexity index is 1740. The molecule has 46 heavy (non-hydrogen) atoms. The van der Waals surface area contributed by atoms with Crippen LogP contribution < -0.4 is 15.4 Å². The van der Waals surface area contributed by atoms with Crippen LogP contribution in [0.2, 0.25) is 0 Å². The van der Waals surface area contributed by atoms with E-state index in [0.29, 0.717) is 36.3 Å². The fourth-order valence-electron chi connectivity index (χ4n) is 5.18. The summed E-state index contributed by atoms with van der Waals surface area (Å²) in [4.78, 5) is 33.6. The van der Waals surface area contributed by atoms with Crippen LogP contribution in [0.5, 0.6) is 5.75 Å². The molecule has 2 atom stereocenters. The standard InChI is InChI=1S/C36H39N5O4S/c1-25-24-46-34(38-25)23-40(2)36(44)29-18-28(19-30(20-29)41-14-7-8-15-41)35(43)39-32(17-26-10-5-4-6-11-26)33(42)22-37-21-27-12-9-13-31(16-27)45-3/h4-16,18-20,24,32-33,37,42H,17,21-23H2,1-3H3,(H,39,43)/t32-,33+/m0/s1. The lowest BCUT2D eigenvalue weighted by molar-refractivity contribution is 0.0784. The molecule has 0 spiro atoms. The van der Waals surface area contributed by atoms with Crippen LogP contribution in [0.4, 0.5) is 0 Å². The molecule has 2 aromatic heterocycles. The number of carbonyl (C=O) groups excluding carboxylic acids is 2. The summed E-state index contributed by atoms with van der Waals surface area (Å²) in [6.45, 7) is 3.06. The minimum atomic E-state index is -0.892. The first kappa shape index (κ1) is 32.6. The molecule has 0 radical (unpaired) electrons.